The van der Waals surface area contributed by atoms with Crippen molar-refractivity contribution >= 4 is 27.3 Å². The number of ether oxygens (including phenoxy) is 2. The summed E-state index contributed by atoms with van der Waals surface area (Å²) in [4.78, 5) is 16.7. The summed E-state index contributed by atoms with van der Waals surface area (Å²) in [6, 6.07) is 12.8. The van der Waals surface area contributed by atoms with E-state index >= 15 is 0 Å². The van der Waals surface area contributed by atoms with Crippen LogP contribution in [0.5, 0.6) is 5.75 Å². The molecular formula is C23H23FN2O5S2. The van der Waals surface area contributed by atoms with Crippen molar-refractivity contribution in [2.45, 2.75) is 24.3 Å². The predicted octanol–water partition coefficient (Wildman–Crippen LogP) is 4.10. The molecule has 0 aliphatic carbocycles. The number of thiazole rings is 1. The highest BCUT2D eigenvalue weighted by molar-refractivity contribution is 7.89. The Kier molecular flexibility index (Phi) is 7.06. The number of halogens is 1. The van der Waals surface area contributed by atoms with Gasteiger partial charge in [-0.3, -0.25) is 4.79 Å². The van der Waals surface area contributed by atoms with E-state index in [4.69, 9.17) is 9.47 Å². The number of para-hydroxylation sites is 1. The van der Waals surface area contributed by atoms with Crippen LogP contribution in [-0.2, 0) is 26.2 Å². The van der Waals surface area contributed by atoms with E-state index in [-0.39, 0.29) is 30.6 Å². The standard InChI is InChI=1S/C23H23FN2O5S2/c1-30-20-8-4-2-6-18(20)22-25-17(15-32-22)14-31-23(27)16-10-12-26(13-11-16)33(28,29)21-9-5-3-7-19(21)24/h2-9,15-16H,10-14H2,1H3. The topological polar surface area (TPSA) is 85.8 Å². The van der Waals surface area contributed by atoms with E-state index in [1.807, 2.05) is 29.6 Å². The number of carbonyl (C=O) groups excluding carboxylic acids is 1. The Balaban J connectivity index is 1.32. The van der Waals surface area contributed by atoms with E-state index < -0.39 is 21.8 Å². The van der Waals surface area contributed by atoms with Crippen molar-refractivity contribution in [1.29, 1.82) is 0 Å². The van der Waals surface area contributed by atoms with Crippen LogP contribution in [0.4, 0.5) is 4.39 Å². The maximum absolute atomic E-state index is 14.0. The van der Waals surface area contributed by atoms with E-state index in [9.17, 15) is 17.6 Å². The maximum Gasteiger partial charge on any atom is 0.309 e. The SMILES string of the molecule is COc1ccccc1-c1nc(COC(=O)C2CCN(S(=O)(=O)c3ccccc3F)CC2)cs1. The van der Waals surface area contributed by atoms with Gasteiger partial charge in [0.05, 0.1) is 24.3 Å². The summed E-state index contributed by atoms with van der Waals surface area (Å²) in [5, 5.41) is 2.60. The van der Waals surface area contributed by atoms with Crippen LogP contribution in [0.3, 0.4) is 0 Å². The molecule has 1 aliphatic heterocycles. The first-order chi connectivity index (χ1) is 15.9. The quantitative estimate of drug-likeness (QED) is 0.464. The molecule has 0 radical (unpaired) electrons. The maximum atomic E-state index is 14.0. The highest BCUT2D eigenvalue weighted by atomic mass is 32.2. The third-order valence-electron chi connectivity index (χ3n) is 5.49. The van der Waals surface area contributed by atoms with E-state index in [0.29, 0.717) is 24.3 Å². The first-order valence-electron chi connectivity index (χ1n) is 10.4. The fourth-order valence-electron chi connectivity index (χ4n) is 3.71. The molecule has 0 amide bonds. The van der Waals surface area contributed by atoms with Crippen molar-refractivity contribution < 1.29 is 27.1 Å². The van der Waals surface area contributed by atoms with Crippen LogP contribution in [0.1, 0.15) is 18.5 Å². The van der Waals surface area contributed by atoms with Crippen molar-refractivity contribution in [2.75, 3.05) is 20.2 Å². The normalized spacial score (nSPS) is 15.3. The molecule has 1 aromatic heterocycles. The Bertz CT molecular complexity index is 1240. The average Bonchev–Trinajstić information content (AvgIpc) is 3.31. The van der Waals surface area contributed by atoms with Gasteiger partial charge >= 0.3 is 5.97 Å². The minimum absolute atomic E-state index is 0.0399. The minimum Gasteiger partial charge on any atom is -0.496 e. The Morgan fingerprint density at radius 2 is 1.85 bits per heavy atom. The summed E-state index contributed by atoms with van der Waals surface area (Å²) in [5.41, 5.74) is 1.50. The molecule has 0 unspecified atom stereocenters. The molecule has 1 fully saturated rings. The molecule has 1 aliphatic rings. The molecule has 174 valence electrons. The summed E-state index contributed by atoms with van der Waals surface area (Å²) in [5.74, 6) is -0.864. The molecule has 4 rings (SSSR count). The van der Waals surface area contributed by atoms with E-state index in [1.165, 1.54) is 33.8 Å². The summed E-state index contributed by atoms with van der Waals surface area (Å²) in [6.45, 7) is 0.300. The molecule has 10 heteroatoms. The fourth-order valence-corrected chi connectivity index (χ4v) is 6.07. The van der Waals surface area contributed by atoms with Gasteiger partial charge in [-0.2, -0.15) is 4.31 Å². The summed E-state index contributed by atoms with van der Waals surface area (Å²) < 4.78 is 51.4. The highest BCUT2D eigenvalue weighted by Gasteiger charge is 2.34. The zero-order valence-corrected chi connectivity index (χ0v) is 19.6. The van der Waals surface area contributed by atoms with Crippen LogP contribution in [0.15, 0.2) is 58.8 Å². The lowest BCUT2D eigenvalue weighted by molar-refractivity contribution is -0.151. The second-order valence-electron chi connectivity index (χ2n) is 7.56. The number of benzene rings is 2. The molecule has 0 bridgehead atoms. The molecule has 3 aromatic rings. The third kappa shape index (κ3) is 5.07. The van der Waals surface area contributed by atoms with Crippen molar-refractivity contribution in [3.8, 4) is 16.3 Å². The number of hydrogen-bond donors (Lipinski definition) is 0. The van der Waals surface area contributed by atoms with Crippen LogP contribution >= 0.6 is 11.3 Å². The average molecular weight is 491 g/mol. The van der Waals surface area contributed by atoms with Crippen molar-refractivity contribution in [3.05, 3.63) is 65.4 Å². The van der Waals surface area contributed by atoms with Gasteiger partial charge in [0.25, 0.3) is 0 Å². The molecular weight excluding hydrogens is 467 g/mol. The molecule has 0 atom stereocenters. The summed E-state index contributed by atoms with van der Waals surface area (Å²) in [6.07, 6.45) is 0.631. The van der Waals surface area contributed by atoms with Gasteiger partial charge in [-0.1, -0.05) is 24.3 Å². The molecule has 1 saturated heterocycles. The van der Waals surface area contributed by atoms with Gasteiger partial charge in [-0.05, 0) is 37.1 Å². The van der Waals surface area contributed by atoms with Gasteiger partial charge in [0.1, 0.15) is 28.1 Å². The largest absolute Gasteiger partial charge is 0.496 e. The first-order valence-corrected chi connectivity index (χ1v) is 12.7. The molecule has 33 heavy (non-hydrogen) atoms. The second kappa shape index (κ2) is 9.98. The second-order valence-corrected chi connectivity index (χ2v) is 10.3. The Labute approximate surface area is 195 Å². The minimum atomic E-state index is -3.94. The lowest BCUT2D eigenvalue weighted by atomic mass is 9.98. The lowest BCUT2D eigenvalue weighted by Gasteiger charge is -2.30. The monoisotopic (exact) mass is 490 g/mol. The number of aromatic nitrogens is 1. The van der Waals surface area contributed by atoms with Gasteiger partial charge in [0.15, 0.2) is 0 Å². The van der Waals surface area contributed by atoms with Gasteiger partial charge in [0.2, 0.25) is 10.0 Å². The Hall–Kier alpha value is -2.82. The molecule has 0 N–H and O–H groups in total. The molecule has 0 spiro atoms. The number of carbonyl (C=O) groups is 1. The van der Waals surface area contributed by atoms with Gasteiger partial charge in [-0.15, -0.1) is 11.3 Å². The zero-order chi connectivity index (χ0) is 23.4. The zero-order valence-electron chi connectivity index (χ0n) is 17.9. The van der Waals surface area contributed by atoms with Crippen molar-refractivity contribution in [1.82, 2.24) is 9.29 Å². The smallest absolute Gasteiger partial charge is 0.309 e. The first kappa shape index (κ1) is 23.3. The van der Waals surface area contributed by atoms with E-state index in [1.54, 1.807) is 7.11 Å². The number of methoxy groups -OCH3 is 1. The third-order valence-corrected chi connectivity index (χ3v) is 8.35. The van der Waals surface area contributed by atoms with Gasteiger partial charge in [0, 0.05) is 18.5 Å². The Morgan fingerprint density at radius 3 is 2.58 bits per heavy atom. The van der Waals surface area contributed by atoms with Crippen LogP contribution in [0, 0.1) is 11.7 Å². The molecule has 2 aromatic carbocycles. The Morgan fingerprint density at radius 1 is 1.15 bits per heavy atom. The molecule has 7 nitrogen and oxygen atoms in total. The van der Waals surface area contributed by atoms with Crippen LogP contribution in [0.25, 0.3) is 10.6 Å². The summed E-state index contributed by atoms with van der Waals surface area (Å²) in [7, 11) is -2.34. The number of hydrogen-bond acceptors (Lipinski definition) is 7. The number of rotatable bonds is 7. The number of nitrogens with zero attached hydrogens (tertiary/aromatic N) is 2. The fraction of sp³-hybridized carbons (Fsp3) is 0.304. The summed E-state index contributed by atoms with van der Waals surface area (Å²) >= 11 is 1.44. The van der Waals surface area contributed by atoms with E-state index in [0.717, 1.165) is 16.6 Å². The number of esters is 1. The van der Waals surface area contributed by atoms with E-state index in [2.05, 4.69) is 4.98 Å². The van der Waals surface area contributed by atoms with Crippen molar-refractivity contribution in [3.63, 3.8) is 0 Å². The predicted molar refractivity (Wildman–Crippen MR) is 122 cm³/mol. The van der Waals surface area contributed by atoms with Crippen molar-refractivity contribution in [2.24, 2.45) is 5.92 Å². The van der Waals surface area contributed by atoms with Crippen LogP contribution in [0.2, 0.25) is 0 Å². The van der Waals surface area contributed by atoms with Crippen LogP contribution < -0.4 is 4.74 Å². The number of sulfonamides is 1. The van der Waals surface area contributed by atoms with Crippen LogP contribution in [-0.4, -0.2) is 43.9 Å². The number of piperidine rings is 1. The highest BCUT2D eigenvalue weighted by Crippen LogP contribution is 2.32. The van der Waals surface area contributed by atoms with Gasteiger partial charge < -0.3 is 9.47 Å². The molecule has 2 heterocycles. The molecule has 0 saturated carbocycles. The van der Waals surface area contributed by atoms with Gasteiger partial charge in [-0.25, -0.2) is 17.8 Å². The lowest BCUT2D eigenvalue weighted by Crippen LogP contribution is -2.40.